The van der Waals surface area contributed by atoms with Crippen LogP contribution in [0.5, 0.6) is 17.2 Å². The maximum atomic E-state index is 6.91. The van der Waals surface area contributed by atoms with Gasteiger partial charge >= 0.3 is 6.92 Å². The van der Waals surface area contributed by atoms with E-state index in [9.17, 15) is 0 Å². The molecule has 52 heavy (non-hydrogen) atoms. The van der Waals surface area contributed by atoms with Gasteiger partial charge in [-0.25, -0.2) is 0 Å². The summed E-state index contributed by atoms with van der Waals surface area (Å²) in [5.74, 6) is 2.53. The van der Waals surface area contributed by atoms with Gasteiger partial charge in [0, 0.05) is 32.8 Å². The van der Waals surface area contributed by atoms with Crippen molar-refractivity contribution in [2.24, 2.45) is 0 Å². The predicted molar refractivity (Wildman–Crippen MR) is 215 cm³/mol. The van der Waals surface area contributed by atoms with E-state index in [4.69, 9.17) is 9.39 Å². The fourth-order valence-electron chi connectivity index (χ4n) is 8.30. The number of hydrogen-bond acceptors (Lipinski definition) is 2. The summed E-state index contributed by atoms with van der Waals surface area (Å²) in [7, 11) is 0. The molecule has 2 aliphatic rings. The SMILES string of the molecule is c1ccc(-c2cccc(-c3cc4c5c(c3)-c3ccccc3OB5c3cc(-c5ccccc5-n5c6ccccc6c6ccccc65)ccc3O4)c2)cc1. The largest absolute Gasteiger partial charge is 0.551 e. The maximum absolute atomic E-state index is 6.91. The molecule has 4 heteroatoms. The first-order valence-corrected chi connectivity index (χ1v) is 17.8. The Kier molecular flexibility index (Phi) is 6.35. The summed E-state index contributed by atoms with van der Waals surface area (Å²) in [6, 6.07) is 64.7. The average Bonchev–Trinajstić information content (AvgIpc) is 3.55. The van der Waals surface area contributed by atoms with Crippen LogP contribution in [0.4, 0.5) is 0 Å². The third-order valence-electron chi connectivity index (χ3n) is 10.7. The highest BCUT2D eigenvalue weighted by Gasteiger charge is 2.41. The normalized spacial score (nSPS) is 12.5. The van der Waals surface area contributed by atoms with Crippen LogP contribution in [-0.4, -0.2) is 11.5 Å². The quantitative estimate of drug-likeness (QED) is 0.175. The van der Waals surface area contributed by atoms with Crippen molar-refractivity contribution in [1.82, 2.24) is 4.57 Å². The van der Waals surface area contributed by atoms with Gasteiger partial charge in [-0.2, -0.15) is 0 Å². The van der Waals surface area contributed by atoms with Crippen LogP contribution in [-0.2, 0) is 0 Å². The Morgan fingerprint density at radius 3 is 1.85 bits per heavy atom. The molecule has 0 spiro atoms. The van der Waals surface area contributed by atoms with Gasteiger partial charge in [0.2, 0.25) is 0 Å². The molecule has 0 bridgehead atoms. The molecule has 0 radical (unpaired) electrons. The Balaban J connectivity index is 1.06. The lowest BCUT2D eigenvalue weighted by molar-refractivity contribution is 0.479. The molecule has 0 amide bonds. The third kappa shape index (κ3) is 4.41. The molecule has 11 rings (SSSR count). The Bertz CT molecular complexity index is 2820. The van der Waals surface area contributed by atoms with E-state index in [2.05, 4.69) is 187 Å². The minimum Gasteiger partial charge on any atom is -0.551 e. The predicted octanol–water partition coefficient (Wildman–Crippen LogP) is 11.1. The van der Waals surface area contributed by atoms with Gasteiger partial charge < -0.3 is 14.0 Å². The van der Waals surface area contributed by atoms with E-state index in [1.165, 1.54) is 32.9 Å². The lowest BCUT2D eigenvalue weighted by Gasteiger charge is -2.33. The van der Waals surface area contributed by atoms with E-state index >= 15 is 0 Å². The van der Waals surface area contributed by atoms with Crippen LogP contribution in [0.1, 0.15) is 0 Å². The van der Waals surface area contributed by atoms with Crippen molar-refractivity contribution in [2.75, 3.05) is 0 Å². The Hall–Kier alpha value is -6.78. The second-order valence-corrected chi connectivity index (χ2v) is 13.6. The van der Waals surface area contributed by atoms with Crippen molar-refractivity contribution in [1.29, 1.82) is 0 Å². The minimum atomic E-state index is -0.311. The highest BCUT2D eigenvalue weighted by molar-refractivity contribution is 6.84. The summed E-state index contributed by atoms with van der Waals surface area (Å²) in [6.07, 6.45) is 0. The van der Waals surface area contributed by atoms with E-state index in [0.717, 1.165) is 67.2 Å². The van der Waals surface area contributed by atoms with Crippen LogP contribution >= 0.6 is 0 Å². The standard InChI is InChI=1S/C48H30BNO2/c1-2-13-31(14-3-1)32-15-12-16-33(27-32)35-28-40-39-20-7-11-24-45(39)52-49-41-29-34(25-26-46(41)51-47(30-35)48(40)49)36-17-4-8-21-42(36)50-43-22-9-5-18-37(43)38-19-6-10-23-44(38)50/h1-30H. The van der Waals surface area contributed by atoms with Gasteiger partial charge in [0.15, 0.2) is 0 Å². The Labute approximate surface area is 302 Å². The molecule has 3 heterocycles. The number of fused-ring (bicyclic) bond motifs is 7. The number of para-hydroxylation sites is 4. The van der Waals surface area contributed by atoms with E-state index < -0.39 is 0 Å². The molecular weight excluding hydrogens is 633 g/mol. The lowest BCUT2D eigenvalue weighted by atomic mass is 9.50. The summed E-state index contributed by atoms with van der Waals surface area (Å²) < 4.78 is 16.1. The van der Waals surface area contributed by atoms with Crippen molar-refractivity contribution in [3.8, 4) is 67.4 Å². The van der Waals surface area contributed by atoms with E-state index in [1.54, 1.807) is 0 Å². The van der Waals surface area contributed by atoms with Crippen molar-refractivity contribution in [3.05, 3.63) is 182 Å². The molecule has 242 valence electrons. The second kappa shape index (κ2) is 11.4. The molecule has 0 unspecified atom stereocenters. The fourth-order valence-corrected chi connectivity index (χ4v) is 8.30. The van der Waals surface area contributed by atoms with Crippen molar-refractivity contribution in [2.45, 2.75) is 0 Å². The number of aromatic nitrogens is 1. The molecular formula is C48H30BNO2. The Morgan fingerprint density at radius 2 is 1.04 bits per heavy atom. The zero-order valence-corrected chi connectivity index (χ0v) is 28.2. The third-order valence-corrected chi connectivity index (χ3v) is 10.7. The van der Waals surface area contributed by atoms with Gasteiger partial charge in [0.05, 0.1) is 16.7 Å². The summed E-state index contributed by atoms with van der Waals surface area (Å²) >= 11 is 0. The van der Waals surface area contributed by atoms with Gasteiger partial charge in [0.1, 0.15) is 17.2 Å². The first-order chi connectivity index (χ1) is 25.8. The van der Waals surface area contributed by atoms with Crippen molar-refractivity contribution >= 4 is 39.6 Å². The minimum absolute atomic E-state index is 0.311. The molecule has 0 atom stereocenters. The molecule has 8 aromatic carbocycles. The zero-order valence-electron chi connectivity index (χ0n) is 28.2. The van der Waals surface area contributed by atoms with Crippen molar-refractivity contribution < 1.29 is 9.39 Å². The summed E-state index contributed by atoms with van der Waals surface area (Å²) in [4.78, 5) is 0. The van der Waals surface area contributed by atoms with Gasteiger partial charge in [-0.05, 0) is 81.9 Å². The molecule has 0 aliphatic carbocycles. The van der Waals surface area contributed by atoms with Gasteiger partial charge in [-0.3, -0.25) is 0 Å². The fraction of sp³-hybridized carbons (Fsp3) is 0. The number of hydrogen-bond donors (Lipinski definition) is 0. The number of benzene rings is 8. The maximum Gasteiger partial charge on any atom is 0.434 e. The van der Waals surface area contributed by atoms with Gasteiger partial charge in [-0.15, -0.1) is 0 Å². The van der Waals surface area contributed by atoms with E-state index in [0.29, 0.717) is 0 Å². The molecule has 1 aromatic heterocycles. The number of nitrogens with zero attached hydrogens (tertiary/aromatic N) is 1. The lowest BCUT2D eigenvalue weighted by Crippen LogP contribution is -2.53. The van der Waals surface area contributed by atoms with Crippen LogP contribution in [0.3, 0.4) is 0 Å². The van der Waals surface area contributed by atoms with Gasteiger partial charge in [-0.1, -0.05) is 133 Å². The molecule has 0 N–H and O–H groups in total. The first kappa shape index (κ1) is 29.0. The van der Waals surface area contributed by atoms with Crippen LogP contribution in [0, 0.1) is 0 Å². The first-order valence-electron chi connectivity index (χ1n) is 17.8. The van der Waals surface area contributed by atoms with E-state index in [1.807, 2.05) is 0 Å². The number of rotatable bonds is 4. The molecule has 0 saturated heterocycles. The van der Waals surface area contributed by atoms with E-state index in [-0.39, 0.29) is 6.92 Å². The van der Waals surface area contributed by atoms with Gasteiger partial charge in [0.25, 0.3) is 0 Å². The van der Waals surface area contributed by atoms with Crippen LogP contribution < -0.4 is 20.3 Å². The molecule has 0 saturated carbocycles. The summed E-state index contributed by atoms with van der Waals surface area (Å²) in [5, 5.41) is 2.49. The summed E-state index contributed by atoms with van der Waals surface area (Å²) in [6.45, 7) is -0.311. The highest BCUT2D eigenvalue weighted by atomic mass is 16.5. The van der Waals surface area contributed by atoms with Crippen molar-refractivity contribution in [3.63, 3.8) is 0 Å². The Morgan fingerprint density at radius 1 is 0.385 bits per heavy atom. The van der Waals surface area contributed by atoms with Crippen LogP contribution in [0.2, 0.25) is 0 Å². The molecule has 9 aromatic rings. The topological polar surface area (TPSA) is 23.4 Å². The molecule has 2 aliphatic heterocycles. The molecule has 0 fully saturated rings. The molecule has 3 nitrogen and oxygen atoms in total. The summed E-state index contributed by atoms with van der Waals surface area (Å²) in [5.41, 5.74) is 14.7. The zero-order chi connectivity index (χ0) is 34.2. The monoisotopic (exact) mass is 663 g/mol. The van der Waals surface area contributed by atoms with Crippen LogP contribution in [0.25, 0.3) is 72.0 Å². The van der Waals surface area contributed by atoms with Crippen LogP contribution in [0.15, 0.2) is 182 Å². The average molecular weight is 664 g/mol. The highest BCUT2D eigenvalue weighted by Crippen LogP contribution is 2.43. The number of ether oxygens (including phenoxy) is 1. The second-order valence-electron chi connectivity index (χ2n) is 13.6. The smallest absolute Gasteiger partial charge is 0.434 e.